The lowest BCUT2D eigenvalue weighted by Crippen LogP contribution is -2.26. The average Bonchev–Trinajstić information content (AvgIpc) is 2.80. The molecule has 1 aliphatic carbocycles. The molecule has 0 amide bonds. The molecular weight excluding hydrogens is 332 g/mol. The highest BCUT2D eigenvalue weighted by molar-refractivity contribution is 6.11. The molecule has 5 rings (SSSR count). The SMILES string of the molecule is Cc1ccc2c(c1)c1ccccc1c1nc(=O)c3c(n21)C(C)(C)CC3(C)C. The van der Waals surface area contributed by atoms with Crippen molar-refractivity contribution in [3.05, 3.63) is 69.6 Å². The number of fused-ring (bicyclic) bond motifs is 8. The van der Waals surface area contributed by atoms with Crippen LogP contribution in [0.1, 0.15) is 50.9 Å². The van der Waals surface area contributed by atoms with Gasteiger partial charge in [-0.05, 0) is 36.3 Å². The van der Waals surface area contributed by atoms with E-state index in [0.29, 0.717) is 0 Å². The molecule has 3 nitrogen and oxygen atoms in total. The van der Waals surface area contributed by atoms with E-state index in [0.717, 1.165) is 39.6 Å². The highest BCUT2D eigenvalue weighted by Gasteiger charge is 2.46. The smallest absolute Gasteiger partial charge is 0.277 e. The molecule has 0 saturated carbocycles. The van der Waals surface area contributed by atoms with E-state index in [4.69, 9.17) is 0 Å². The topological polar surface area (TPSA) is 34.4 Å². The Kier molecular flexibility index (Phi) is 3.04. The second-order valence-corrected chi connectivity index (χ2v) is 9.31. The molecule has 1 aliphatic rings. The number of benzene rings is 2. The number of nitrogens with zero attached hydrogens (tertiary/aromatic N) is 2. The molecule has 2 heterocycles. The molecule has 27 heavy (non-hydrogen) atoms. The summed E-state index contributed by atoms with van der Waals surface area (Å²) in [6.45, 7) is 11.0. The van der Waals surface area contributed by atoms with Gasteiger partial charge >= 0.3 is 0 Å². The minimum absolute atomic E-state index is 0.0720. The molecule has 0 aliphatic heterocycles. The van der Waals surface area contributed by atoms with Crippen molar-refractivity contribution in [2.24, 2.45) is 0 Å². The molecule has 0 N–H and O–H groups in total. The van der Waals surface area contributed by atoms with Crippen molar-refractivity contribution in [2.75, 3.05) is 0 Å². The zero-order valence-electron chi connectivity index (χ0n) is 16.6. The summed E-state index contributed by atoms with van der Waals surface area (Å²) in [6, 6.07) is 14.9. The maximum absolute atomic E-state index is 13.1. The summed E-state index contributed by atoms with van der Waals surface area (Å²) in [5.74, 6) is 0. The van der Waals surface area contributed by atoms with E-state index in [9.17, 15) is 4.79 Å². The molecule has 136 valence electrons. The van der Waals surface area contributed by atoms with Crippen molar-refractivity contribution >= 4 is 27.3 Å². The Morgan fingerprint density at radius 1 is 0.926 bits per heavy atom. The first-order chi connectivity index (χ1) is 12.7. The Bertz CT molecular complexity index is 1330. The lowest BCUT2D eigenvalue weighted by atomic mass is 9.82. The summed E-state index contributed by atoms with van der Waals surface area (Å²) in [5.41, 5.74) is 4.80. The highest BCUT2D eigenvalue weighted by atomic mass is 16.1. The Balaban J connectivity index is 2.18. The van der Waals surface area contributed by atoms with Crippen molar-refractivity contribution in [1.82, 2.24) is 9.38 Å². The van der Waals surface area contributed by atoms with E-state index in [-0.39, 0.29) is 16.4 Å². The number of aromatic nitrogens is 2. The van der Waals surface area contributed by atoms with Gasteiger partial charge in [0.05, 0.1) is 5.52 Å². The van der Waals surface area contributed by atoms with Crippen LogP contribution in [-0.2, 0) is 10.8 Å². The number of hydrogen-bond donors (Lipinski definition) is 0. The van der Waals surface area contributed by atoms with Crippen LogP contribution in [0.3, 0.4) is 0 Å². The van der Waals surface area contributed by atoms with Gasteiger partial charge in [0.2, 0.25) is 0 Å². The van der Waals surface area contributed by atoms with E-state index < -0.39 is 0 Å². The van der Waals surface area contributed by atoms with Gasteiger partial charge < -0.3 is 0 Å². The minimum atomic E-state index is -0.174. The van der Waals surface area contributed by atoms with E-state index in [1.165, 1.54) is 10.9 Å². The van der Waals surface area contributed by atoms with E-state index in [1.807, 2.05) is 6.07 Å². The highest BCUT2D eigenvalue weighted by Crippen LogP contribution is 2.48. The van der Waals surface area contributed by atoms with Gasteiger partial charge in [-0.15, -0.1) is 0 Å². The molecule has 0 radical (unpaired) electrons. The maximum Gasteiger partial charge on any atom is 0.277 e. The van der Waals surface area contributed by atoms with Crippen LogP contribution in [0.4, 0.5) is 0 Å². The normalized spacial score (nSPS) is 17.7. The Labute approximate surface area is 158 Å². The first kappa shape index (κ1) is 16.5. The zero-order valence-corrected chi connectivity index (χ0v) is 16.6. The van der Waals surface area contributed by atoms with Crippen LogP contribution in [0.2, 0.25) is 0 Å². The fourth-order valence-electron chi connectivity index (χ4n) is 5.44. The molecule has 0 unspecified atom stereocenters. The monoisotopic (exact) mass is 356 g/mol. The molecular formula is C24H24N2O. The third kappa shape index (κ3) is 2.08. The van der Waals surface area contributed by atoms with Crippen LogP contribution >= 0.6 is 0 Å². The number of aryl methyl sites for hydroxylation is 1. The summed E-state index contributed by atoms with van der Waals surface area (Å²) in [5, 5.41) is 3.40. The van der Waals surface area contributed by atoms with Gasteiger partial charge in [-0.25, -0.2) is 0 Å². The van der Waals surface area contributed by atoms with Crippen LogP contribution in [0, 0.1) is 6.92 Å². The predicted molar refractivity (Wildman–Crippen MR) is 112 cm³/mol. The van der Waals surface area contributed by atoms with Gasteiger partial charge in [-0.3, -0.25) is 9.20 Å². The number of hydrogen-bond acceptors (Lipinski definition) is 2. The quantitative estimate of drug-likeness (QED) is 0.402. The van der Waals surface area contributed by atoms with Crippen molar-refractivity contribution in [3.8, 4) is 0 Å². The minimum Gasteiger partial charge on any atom is -0.297 e. The largest absolute Gasteiger partial charge is 0.297 e. The summed E-state index contributed by atoms with van der Waals surface area (Å²) in [4.78, 5) is 17.8. The summed E-state index contributed by atoms with van der Waals surface area (Å²) < 4.78 is 2.27. The molecule has 2 aromatic heterocycles. The number of rotatable bonds is 0. The molecule has 0 atom stereocenters. The van der Waals surface area contributed by atoms with Gasteiger partial charge in [-0.1, -0.05) is 63.6 Å². The van der Waals surface area contributed by atoms with Crippen LogP contribution < -0.4 is 5.56 Å². The Morgan fingerprint density at radius 3 is 2.37 bits per heavy atom. The molecule has 3 heteroatoms. The maximum atomic E-state index is 13.1. The Morgan fingerprint density at radius 2 is 1.63 bits per heavy atom. The molecule has 4 aromatic rings. The van der Waals surface area contributed by atoms with E-state index in [1.54, 1.807) is 0 Å². The third-order valence-corrected chi connectivity index (χ3v) is 6.15. The Hall–Kier alpha value is -2.68. The molecule has 2 aromatic carbocycles. The summed E-state index contributed by atoms with van der Waals surface area (Å²) in [6.07, 6.45) is 0.943. The standard InChI is InChI=1S/C24H24N2O/c1-14-10-11-18-17(12-14)15-8-6-7-9-16(15)21-25-22(27)19-20(26(18)21)24(4,5)13-23(19,2)3/h6-12H,13H2,1-5H3. The molecule has 0 spiro atoms. The van der Waals surface area contributed by atoms with Crippen LogP contribution in [0.5, 0.6) is 0 Å². The lowest BCUT2D eigenvalue weighted by Gasteiger charge is -2.24. The van der Waals surface area contributed by atoms with Gasteiger partial charge in [0.15, 0.2) is 0 Å². The molecule has 0 fully saturated rings. The van der Waals surface area contributed by atoms with Crippen molar-refractivity contribution in [1.29, 1.82) is 0 Å². The lowest BCUT2D eigenvalue weighted by molar-refractivity contribution is 0.398. The van der Waals surface area contributed by atoms with Crippen LogP contribution in [0.25, 0.3) is 27.3 Å². The third-order valence-electron chi connectivity index (χ3n) is 6.15. The fraction of sp³-hybridized carbons (Fsp3) is 0.333. The van der Waals surface area contributed by atoms with Crippen molar-refractivity contribution in [3.63, 3.8) is 0 Å². The van der Waals surface area contributed by atoms with Crippen molar-refractivity contribution < 1.29 is 0 Å². The predicted octanol–water partition coefficient (Wildman–Crippen LogP) is 5.27. The average molecular weight is 356 g/mol. The first-order valence-corrected chi connectivity index (χ1v) is 9.59. The van der Waals surface area contributed by atoms with Gasteiger partial charge in [-0.2, -0.15) is 4.98 Å². The van der Waals surface area contributed by atoms with Crippen molar-refractivity contribution in [2.45, 2.75) is 51.9 Å². The molecule has 0 bridgehead atoms. The second kappa shape index (κ2) is 4.98. The van der Waals surface area contributed by atoms with Gasteiger partial charge in [0.1, 0.15) is 5.65 Å². The van der Waals surface area contributed by atoms with E-state index in [2.05, 4.69) is 80.4 Å². The zero-order chi connectivity index (χ0) is 19.1. The van der Waals surface area contributed by atoms with Crippen LogP contribution in [-0.4, -0.2) is 9.38 Å². The number of pyridine rings is 1. The van der Waals surface area contributed by atoms with Gasteiger partial charge in [0.25, 0.3) is 5.56 Å². The van der Waals surface area contributed by atoms with E-state index >= 15 is 0 Å². The summed E-state index contributed by atoms with van der Waals surface area (Å²) in [7, 11) is 0. The first-order valence-electron chi connectivity index (χ1n) is 9.59. The summed E-state index contributed by atoms with van der Waals surface area (Å²) >= 11 is 0. The molecule has 0 saturated heterocycles. The van der Waals surface area contributed by atoms with Gasteiger partial charge in [0, 0.05) is 27.4 Å². The fourth-order valence-corrected chi connectivity index (χ4v) is 5.44. The second-order valence-electron chi connectivity index (χ2n) is 9.31. The van der Waals surface area contributed by atoms with Crippen LogP contribution in [0.15, 0.2) is 47.3 Å².